The lowest BCUT2D eigenvalue weighted by atomic mass is 9.97. The Hall–Kier alpha value is -2.97. The van der Waals surface area contributed by atoms with Crippen molar-refractivity contribution in [1.29, 1.82) is 0 Å². The molecule has 8 heteroatoms. The molecule has 1 amide bonds. The van der Waals surface area contributed by atoms with E-state index in [9.17, 15) is 13.2 Å². The minimum atomic E-state index is -3.18. The highest BCUT2D eigenvalue weighted by Crippen LogP contribution is 2.25. The Bertz CT molecular complexity index is 1130. The van der Waals surface area contributed by atoms with Crippen LogP contribution in [0.15, 0.2) is 67.0 Å². The number of amides is 1. The summed E-state index contributed by atoms with van der Waals surface area (Å²) >= 11 is 0. The fourth-order valence-electron chi connectivity index (χ4n) is 3.90. The van der Waals surface area contributed by atoms with Crippen LogP contribution in [0.5, 0.6) is 0 Å². The van der Waals surface area contributed by atoms with Gasteiger partial charge in [-0.25, -0.2) is 12.7 Å². The first-order valence-electron chi connectivity index (χ1n) is 10.3. The lowest BCUT2D eigenvalue weighted by Crippen LogP contribution is -2.46. The van der Waals surface area contributed by atoms with E-state index in [0.717, 1.165) is 16.7 Å². The molecule has 1 saturated heterocycles. The van der Waals surface area contributed by atoms with Crippen molar-refractivity contribution >= 4 is 15.9 Å². The van der Waals surface area contributed by atoms with Crippen molar-refractivity contribution in [2.45, 2.75) is 25.4 Å². The van der Waals surface area contributed by atoms with Gasteiger partial charge < -0.3 is 5.32 Å². The Labute approximate surface area is 182 Å². The van der Waals surface area contributed by atoms with Crippen molar-refractivity contribution in [2.24, 2.45) is 0 Å². The van der Waals surface area contributed by atoms with E-state index in [1.165, 1.54) is 10.6 Å². The fourth-order valence-corrected chi connectivity index (χ4v) is 4.77. The maximum atomic E-state index is 13.0. The van der Waals surface area contributed by atoms with Gasteiger partial charge in [0, 0.05) is 37.1 Å². The zero-order chi connectivity index (χ0) is 21.8. The summed E-state index contributed by atoms with van der Waals surface area (Å²) < 4.78 is 26.7. The second-order valence-electron chi connectivity index (χ2n) is 7.86. The van der Waals surface area contributed by atoms with E-state index in [4.69, 9.17) is 0 Å². The molecule has 0 aliphatic carbocycles. The van der Waals surface area contributed by atoms with Gasteiger partial charge in [0.15, 0.2) is 0 Å². The molecule has 1 fully saturated rings. The summed E-state index contributed by atoms with van der Waals surface area (Å²) in [7, 11) is -3.18. The summed E-state index contributed by atoms with van der Waals surface area (Å²) in [5.41, 5.74) is 3.60. The first kappa shape index (κ1) is 21.3. The average Bonchev–Trinajstić information content (AvgIpc) is 3.27. The minimum Gasteiger partial charge on any atom is -0.349 e. The number of rotatable bonds is 6. The van der Waals surface area contributed by atoms with E-state index >= 15 is 0 Å². The minimum absolute atomic E-state index is 0.0324. The molecule has 2 heterocycles. The van der Waals surface area contributed by atoms with Crippen LogP contribution in [0.2, 0.25) is 0 Å². The van der Waals surface area contributed by atoms with Crippen LogP contribution in [-0.2, 0) is 16.6 Å². The first-order chi connectivity index (χ1) is 14.9. The van der Waals surface area contributed by atoms with E-state index in [-0.39, 0.29) is 11.9 Å². The van der Waals surface area contributed by atoms with Gasteiger partial charge in [-0.2, -0.15) is 5.10 Å². The highest BCUT2D eigenvalue weighted by Gasteiger charge is 2.26. The summed E-state index contributed by atoms with van der Waals surface area (Å²) in [6, 6.07) is 17.6. The number of aromatic nitrogens is 2. The molecule has 0 spiro atoms. The molecule has 1 N–H and O–H groups in total. The number of sulfonamides is 1. The Balaban J connectivity index is 1.45. The molecule has 162 valence electrons. The molecule has 2 aromatic carbocycles. The number of carbonyl (C=O) groups excluding carboxylic acids is 1. The van der Waals surface area contributed by atoms with Crippen LogP contribution in [0, 0.1) is 0 Å². The topological polar surface area (TPSA) is 84.3 Å². The maximum Gasteiger partial charge on any atom is 0.252 e. The summed E-state index contributed by atoms with van der Waals surface area (Å²) in [6.07, 6.45) is 6.14. The molecule has 0 radical (unpaired) electrons. The van der Waals surface area contributed by atoms with Gasteiger partial charge in [-0.05, 0) is 41.7 Å². The lowest BCUT2D eigenvalue weighted by molar-refractivity contribution is 0.0924. The molecular formula is C23H26N4O3S. The van der Waals surface area contributed by atoms with Crippen molar-refractivity contribution in [1.82, 2.24) is 19.4 Å². The average molecular weight is 439 g/mol. The van der Waals surface area contributed by atoms with Crippen LogP contribution in [0.25, 0.3) is 11.1 Å². The van der Waals surface area contributed by atoms with Crippen molar-refractivity contribution in [3.8, 4) is 11.1 Å². The van der Waals surface area contributed by atoms with Crippen LogP contribution in [-0.4, -0.2) is 53.8 Å². The van der Waals surface area contributed by atoms with E-state index in [2.05, 4.69) is 10.4 Å². The number of piperidine rings is 1. The molecule has 0 saturated carbocycles. The van der Waals surface area contributed by atoms with E-state index in [0.29, 0.717) is 38.0 Å². The third-order valence-electron chi connectivity index (χ3n) is 5.60. The maximum absolute atomic E-state index is 13.0. The molecule has 0 bridgehead atoms. The van der Waals surface area contributed by atoms with Crippen LogP contribution in [0.1, 0.15) is 28.8 Å². The van der Waals surface area contributed by atoms with Gasteiger partial charge in [0.05, 0.1) is 12.8 Å². The highest BCUT2D eigenvalue weighted by molar-refractivity contribution is 7.88. The number of nitrogens with zero attached hydrogens (tertiary/aromatic N) is 3. The summed E-state index contributed by atoms with van der Waals surface area (Å²) in [5, 5.41) is 7.32. The number of nitrogens with one attached hydrogen (secondary N) is 1. The van der Waals surface area contributed by atoms with Crippen LogP contribution in [0.4, 0.5) is 0 Å². The fraction of sp³-hybridized carbons (Fsp3) is 0.304. The molecule has 1 aliphatic rings. The third kappa shape index (κ3) is 5.21. The smallest absolute Gasteiger partial charge is 0.252 e. The van der Waals surface area contributed by atoms with Gasteiger partial charge in [0.2, 0.25) is 10.0 Å². The molecule has 0 atom stereocenters. The van der Waals surface area contributed by atoms with Gasteiger partial charge in [0.25, 0.3) is 5.91 Å². The molecular weight excluding hydrogens is 412 g/mol. The van der Waals surface area contributed by atoms with E-state index < -0.39 is 10.0 Å². The summed E-state index contributed by atoms with van der Waals surface area (Å²) in [6.45, 7) is 1.56. The summed E-state index contributed by atoms with van der Waals surface area (Å²) in [4.78, 5) is 13.0. The van der Waals surface area contributed by atoms with Crippen molar-refractivity contribution in [3.05, 3.63) is 78.1 Å². The van der Waals surface area contributed by atoms with Gasteiger partial charge in [-0.15, -0.1) is 0 Å². The largest absolute Gasteiger partial charge is 0.349 e. The Morgan fingerprint density at radius 1 is 1.06 bits per heavy atom. The molecule has 1 aromatic heterocycles. The third-order valence-corrected chi connectivity index (χ3v) is 6.90. The van der Waals surface area contributed by atoms with Crippen LogP contribution in [0.3, 0.4) is 0 Å². The standard InChI is InChI=1S/C23H26N4O3S/c1-31(29,30)27-15-11-20(12-16-27)25-23(28)22-6-3-2-5-21(22)19-9-7-18(8-10-19)17-26-14-4-13-24-26/h2-10,13-14,20H,11-12,15-17H2,1H3,(H,25,28). The lowest BCUT2D eigenvalue weighted by Gasteiger charge is -2.30. The predicted octanol–water partition coefficient (Wildman–Crippen LogP) is 2.75. The van der Waals surface area contributed by atoms with Crippen molar-refractivity contribution in [2.75, 3.05) is 19.3 Å². The van der Waals surface area contributed by atoms with Crippen LogP contribution >= 0.6 is 0 Å². The molecule has 0 unspecified atom stereocenters. The molecule has 31 heavy (non-hydrogen) atoms. The Morgan fingerprint density at radius 3 is 2.42 bits per heavy atom. The zero-order valence-corrected chi connectivity index (χ0v) is 18.3. The highest BCUT2D eigenvalue weighted by atomic mass is 32.2. The normalized spacial score (nSPS) is 15.6. The molecule has 3 aromatic rings. The molecule has 1 aliphatic heterocycles. The Kier molecular flexibility index (Phi) is 6.20. The quantitative estimate of drug-likeness (QED) is 0.641. The van der Waals surface area contributed by atoms with E-state index in [1.54, 1.807) is 6.20 Å². The first-order valence-corrected chi connectivity index (χ1v) is 12.2. The predicted molar refractivity (Wildman–Crippen MR) is 120 cm³/mol. The van der Waals surface area contributed by atoms with Gasteiger partial charge in [0.1, 0.15) is 0 Å². The number of hydrogen-bond acceptors (Lipinski definition) is 4. The summed E-state index contributed by atoms with van der Waals surface area (Å²) in [5.74, 6) is -0.131. The monoisotopic (exact) mass is 438 g/mol. The second-order valence-corrected chi connectivity index (χ2v) is 9.84. The Morgan fingerprint density at radius 2 is 1.77 bits per heavy atom. The van der Waals surface area contributed by atoms with Gasteiger partial charge in [-0.1, -0.05) is 42.5 Å². The molecule has 7 nitrogen and oxygen atoms in total. The number of hydrogen-bond donors (Lipinski definition) is 1. The second kappa shape index (κ2) is 9.03. The van der Waals surface area contributed by atoms with Gasteiger partial charge in [-0.3, -0.25) is 9.48 Å². The zero-order valence-electron chi connectivity index (χ0n) is 17.4. The van der Waals surface area contributed by atoms with E-state index in [1.807, 2.05) is 65.5 Å². The number of carbonyl (C=O) groups is 1. The SMILES string of the molecule is CS(=O)(=O)N1CCC(NC(=O)c2ccccc2-c2ccc(Cn3cccn3)cc2)CC1. The van der Waals surface area contributed by atoms with Crippen molar-refractivity contribution in [3.63, 3.8) is 0 Å². The van der Waals surface area contributed by atoms with Gasteiger partial charge >= 0.3 is 0 Å². The molecule has 4 rings (SSSR count). The number of benzene rings is 2. The van der Waals surface area contributed by atoms with Crippen LogP contribution < -0.4 is 5.32 Å². The van der Waals surface area contributed by atoms with Crippen molar-refractivity contribution < 1.29 is 13.2 Å².